The quantitative estimate of drug-likeness (QED) is 0.210. The van der Waals surface area contributed by atoms with Gasteiger partial charge >= 0.3 is 6.18 Å². The molecule has 0 aliphatic heterocycles. The maximum Gasteiger partial charge on any atom is 0.417 e. The number of hydrogen-bond donors (Lipinski definition) is 3. The molecule has 0 saturated carbocycles. The number of hydrogen-bond acceptors (Lipinski definition) is 6. The zero-order valence-corrected chi connectivity index (χ0v) is 22.7. The van der Waals surface area contributed by atoms with Crippen molar-refractivity contribution in [2.75, 3.05) is 13.7 Å². The predicted octanol–water partition coefficient (Wildman–Crippen LogP) is 5.11. The van der Waals surface area contributed by atoms with Gasteiger partial charge in [0.25, 0.3) is 5.91 Å². The van der Waals surface area contributed by atoms with E-state index >= 15 is 0 Å². The number of ether oxygens (including phenoxy) is 3. The van der Waals surface area contributed by atoms with Crippen LogP contribution in [0.3, 0.4) is 0 Å². The number of aromatic nitrogens is 1. The highest BCUT2D eigenvalue weighted by molar-refractivity contribution is 5.85. The van der Waals surface area contributed by atoms with Gasteiger partial charge in [-0.3, -0.25) is 10.2 Å². The van der Waals surface area contributed by atoms with E-state index in [1.807, 2.05) is 49.4 Å². The maximum atomic E-state index is 13.3. The van der Waals surface area contributed by atoms with E-state index in [0.717, 1.165) is 29.0 Å². The summed E-state index contributed by atoms with van der Waals surface area (Å²) >= 11 is 0. The summed E-state index contributed by atoms with van der Waals surface area (Å²) in [5.41, 5.74) is 4.97. The van der Waals surface area contributed by atoms with Gasteiger partial charge in [0.2, 0.25) is 5.88 Å². The van der Waals surface area contributed by atoms with Crippen molar-refractivity contribution in [3.05, 3.63) is 83.6 Å². The molecule has 0 aliphatic carbocycles. The molecule has 0 fully saturated rings. The molecule has 3 aromatic rings. The first-order valence-corrected chi connectivity index (χ1v) is 12.5. The number of carbonyl (C=O) groups is 1. The number of halogens is 3. The molecule has 0 bridgehead atoms. The van der Waals surface area contributed by atoms with Gasteiger partial charge in [-0.1, -0.05) is 24.3 Å². The van der Waals surface area contributed by atoms with Crippen LogP contribution in [0.4, 0.5) is 13.2 Å². The van der Waals surface area contributed by atoms with E-state index in [4.69, 9.17) is 25.4 Å². The minimum absolute atomic E-state index is 0.0532. The van der Waals surface area contributed by atoms with Crippen molar-refractivity contribution < 1.29 is 32.2 Å². The van der Waals surface area contributed by atoms with Gasteiger partial charge in [0.1, 0.15) is 23.9 Å². The normalized spacial score (nSPS) is 13.2. The van der Waals surface area contributed by atoms with Crippen molar-refractivity contribution in [2.24, 2.45) is 5.73 Å². The van der Waals surface area contributed by atoms with E-state index in [0.29, 0.717) is 18.4 Å². The van der Waals surface area contributed by atoms with Gasteiger partial charge in [-0.15, -0.1) is 0 Å². The summed E-state index contributed by atoms with van der Waals surface area (Å²) in [6.45, 7) is 4.84. The summed E-state index contributed by atoms with van der Waals surface area (Å²) in [6.07, 6.45) is -3.30. The van der Waals surface area contributed by atoms with Gasteiger partial charge in [0.05, 0.1) is 12.7 Å². The maximum absolute atomic E-state index is 13.3. The summed E-state index contributed by atoms with van der Waals surface area (Å²) in [7, 11) is 1.59. The number of alkyl halides is 3. The number of benzene rings is 2. The standard InChI is InChI=1S/C29H33F3N4O4/c1-18(36-27(37)28(2,3)40-26-13-10-21(16-35-26)29(30,31)32)24(14-19-8-11-22(38-4)12-9-19)20-6-5-7-23(15-20)39-17-25(33)34/h5-13,15-16,18,24H,14,17H2,1-4H3,(H3,33,34)(H,36,37). The van der Waals surface area contributed by atoms with Crippen LogP contribution in [0.15, 0.2) is 66.9 Å². The Kier molecular flexibility index (Phi) is 9.62. The zero-order valence-electron chi connectivity index (χ0n) is 22.7. The highest BCUT2D eigenvalue weighted by Gasteiger charge is 2.34. The molecule has 0 spiro atoms. The minimum atomic E-state index is -4.53. The van der Waals surface area contributed by atoms with Gasteiger partial charge in [0, 0.05) is 24.2 Å². The molecule has 1 amide bonds. The lowest BCUT2D eigenvalue weighted by atomic mass is 9.86. The first kappa shape index (κ1) is 30.3. The second-order valence-corrected chi connectivity index (χ2v) is 9.80. The smallest absolute Gasteiger partial charge is 0.417 e. The van der Waals surface area contributed by atoms with Crippen molar-refractivity contribution in [1.29, 1.82) is 5.41 Å². The zero-order chi connectivity index (χ0) is 29.5. The van der Waals surface area contributed by atoms with E-state index in [1.165, 1.54) is 13.8 Å². The molecule has 2 aromatic carbocycles. The van der Waals surface area contributed by atoms with E-state index in [2.05, 4.69) is 10.3 Å². The molecule has 1 aromatic heterocycles. The molecule has 3 rings (SSSR count). The second kappa shape index (κ2) is 12.7. The van der Waals surface area contributed by atoms with Crippen LogP contribution in [0.25, 0.3) is 0 Å². The SMILES string of the molecule is COc1ccc(CC(c2cccc(OCC(=N)N)c2)C(C)NC(=O)C(C)(C)Oc2ccc(C(F)(F)F)cn2)cc1. The molecular formula is C29H33F3N4O4. The number of nitrogens with one attached hydrogen (secondary N) is 2. The number of nitrogens with two attached hydrogens (primary N) is 1. The number of pyridine rings is 1. The number of methoxy groups -OCH3 is 1. The summed E-state index contributed by atoms with van der Waals surface area (Å²) < 4.78 is 55.1. The molecule has 1 heterocycles. The third-order valence-corrected chi connectivity index (χ3v) is 6.23. The lowest BCUT2D eigenvalue weighted by molar-refractivity contribution is -0.138. The Hall–Kier alpha value is -4.28. The lowest BCUT2D eigenvalue weighted by Crippen LogP contribution is -2.51. The second-order valence-electron chi connectivity index (χ2n) is 9.80. The number of amidine groups is 1. The van der Waals surface area contributed by atoms with E-state index in [9.17, 15) is 18.0 Å². The number of nitrogens with zero attached hydrogens (tertiary/aromatic N) is 1. The van der Waals surface area contributed by atoms with E-state index in [1.54, 1.807) is 13.2 Å². The van der Waals surface area contributed by atoms with Crippen molar-refractivity contribution in [3.63, 3.8) is 0 Å². The molecule has 0 aliphatic rings. The largest absolute Gasteiger partial charge is 0.497 e. The molecule has 8 nitrogen and oxygen atoms in total. The summed E-state index contributed by atoms with van der Waals surface area (Å²) in [5.74, 6) is 0.361. The molecule has 214 valence electrons. The van der Waals surface area contributed by atoms with Gasteiger partial charge in [-0.25, -0.2) is 4.98 Å². The number of amides is 1. The monoisotopic (exact) mass is 558 g/mol. The minimum Gasteiger partial charge on any atom is -0.497 e. The van der Waals surface area contributed by atoms with Crippen LogP contribution in [-0.4, -0.2) is 42.1 Å². The van der Waals surface area contributed by atoms with Crippen LogP contribution in [0.1, 0.15) is 43.4 Å². The molecule has 40 heavy (non-hydrogen) atoms. The van der Waals surface area contributed by atoms with Crippen molar-refractivity contribution in [1.82, 2.24) is 10.3 Å². The highest BCUT2D eigenvalue weighted by Crippen LogP contribution is 2.31. The van der Waals surface area contributed by atoms with Crippen LogP contribution in [0.5, 0.6) is 17.4 Å². The molecule has 0 saturated heterocycles. The fourth-order valence-electron chi connectivity index (χ4n) is 3.99. The van der Waals surface area contributed by atoms with Crippen molar-refractivity contribution >= 4 is 11.7 Å². The first-order chi connectivity index (χ1) is 18.8. The molecule has 4 N–H and O–H groups in total. The Morgan fingerprint density at radius 2 is 1.77 bits per heavy atom. The van der Waals surface area contributed by atoms with Crippen LogP contribution in [-0.2, 0) is 17.4 Å². The fourth-order valence-corrected chi connectivity index (χ4v) is 3.99. The summed E-state index contributed by atoms with van der Waals surface area (Å²) in [4.78, 5) is 17.0. The Labute approximate surface area is 231 Å². The Morgan fingerprint density at radius 1 is 1.07 bits per heavy atom. The van der Waals surface area contributed by atoms with Crippen molar-refractivity contribution in [3.8, 4) is 17.4 Å². The lowest BCUT2D eigenvalue weighted by Gasteiger charge is -2.31. The Balaban J connectivity index is 1.81. The third kappa shape index (κ3) is 8.36. The first-order valence-electron chi connectivity index (χ1n) is 12.5. The van der Waals surface area contributed by atoms with Crippen LogP contribution < -0.4 is 25.3 Å². The third-order valence-electron chi connectivity index (χ3n) is 6.23. The summed E-state index contributed by atoms with van der Waals surface area (Å²) in [6, 6.07) is 16.5. The number of rotatable bonds is 12. The molecular weight excluding hydrogens is 525 g/mol. The molecule has 0 radical (unpaired) electrons. The van der Waals surface area contributed by atoms with Gasteiger partial charge in [-0.05, 0) is 68.7 Å². The highest BCUT2D eigenvalue weighted by atomic mass is 19.4. The Bertz CT molecular complexity index is 1300. The average Bonchev–Trinajstić information content (AvgIpc) is 2.90. The Morgan fingerprint density at radius 3 is 2.35 bits per heavy atom. The predicted molar refractivity (Wildman–Crippen MR) is 145 cm³/mol. The van der Waals surface area contributed by atoms with Gasteiger partial charge < -0.3 is 25.3 Å². The van der Waals surface area contributed by atoms with Gasteiger partial charge in [-0.2, -0.15) is 13.2 Å². The number of carbonyl (C=O) groups excluding carboxylic acids is 1. The van der Waals surface area contributed by atoms with Crippen LogP contribution in [0.2, 0.25) is 0 Å². The molecule has 11 heteroatoms. The van der Waals surface area contributed by atoms with Crippen LogP contribution in [0, 0.1) is 5.41 Å². The van der Waals surface area contributed by atoms with Crippen molar-refractivity contribution in [2.45, 2.75) is 50.9 Å². The molecule has 2 unspecified atom stereocenters. The topological polar surface area (TPSA) is 120 Å². The summed E-state index contributed by atoms with van der Waals surface area (Å²) in [5, 5.41) is 10.4. The van der Waals surface area contributed by atoms with Gasteiger partial charge in [0.15, 0.2) is 5.60 Å². The molecule has 2 atom stereocenters. The fraction of sp³-hybridized carbons (Fsp3) is 0.345. The van der Waals surface area contributed by atoms with E-state index in [-0.39, 0.29) is 24.2 Å². The average molecular weight is 559 g/mol. The van der Waals surface area contributed by atoms with Crippen LogP contribution >= 0.6 is 0 Å². The van der Waals surface area contributed by atoms with E-state index < -0.39 is 29.3 Å².